The highest BCUT2D eigenvalue weighted by Crippen LogP contribution is 2.18. The lowest BCUT2D eigenvalue weighted by Crippen LogP contribution is -2.16. The minimum absolute atomic E-state index is 0.212. The third-order valence-electron chi connectivity index (χ3n) is 3.59. The lowest BCUT2D eigenvalue weighted by atomic mass is 10.1. The monoisotopic (exact) mass is 428 g/mol. The topological polar surface area (TPSA) is 103 Å². The molecule has 0 saturated carbocycles. The summed E-state index contributed by atoms with van der Waals surface area (Å²) in [5, 5.41) is 17.6. The molecule has 11 heteroatoms. The van der Waals surface area contributed by atoms with Crippen LogP contribution in [0.2, 0.25) is 0 Å². The van der Waals surface area contributed by atoms with Crippen molar-refractivity contribution in [3.05, 3.63) is 71.1 Å². The number of benzene rings is 1. The van der Waals surface area contributed by atoms with Gasteiger partial charge in [0.05, 0.1) is 33.8 Å². The molecule has 3 aromatic heterocycles. The van der Waals surface area contributed by atoms with Gasteiger partial charge in [-0.15, -0.1) is 5.10 Å². The fourth-order valence-electron chi connectivity index (χ4n) is 2.38. The summed E-state index contributed by atoms with van der Waals surface area (Å²) in [5.74, 6) is -0.361. The molecular formula is C16H10BrFN8O. The number of aromatic nitrogens is 7. The van der Waals surface area contributed by atoms with Crippen LogP contribution in [-0.2, 0) is 0 Å². The van der Waals surface area contributed by atoms with E-state index in [1.807, 2.05) is 0 Å². The Bertz CT molecular complexity index is 1090. The second-order valence-electron chi connectivity index (χ2n) is 5.38. The van der Waals surface area contributed by atoms with E-state index in [9.17, 15) is 9.18 Å². The molecule has 3 heterocycles. The Labute approximate surface area is 160 Å². The van der Waals surface area contributed by atoms with Gasteiger partial charge in [-0.2, -0.15) is 9.78 Å². The maximum Gasteiger partial charge on any atom is 0.257 e. The quantitative estimate of drug-likeness (QED) is 0.535. The number of carbonyl (C=O) groups is 1. The van der Waals surface area contributed by atoms with Gasteiger partial charge in [-0.25, -0.2) is 14.1 Å². The molecular weight excluding hydrogens is 419 g/mol. The van der Waals surface area contributed by atoms with Gasteiger partial charge in [0.15, 0.2) is 5.82 Å². The molecule has 0 saturated heterocycles. The van der Waals surface area contributed by atoms with E-state index in [4.69, 9.17) is 0 Å². The normalized spacial score (nSPS) is 10.7. The van der Waals surface area contributed by atoms with Gasteiger partial charge in [-0.1, -0.05) is 0 Å². The molecule has 1 amide bonds. The van der Waals surface area contributed by atoms with Gasteiger partial charge in [0, 0.05) is 12.3 Å². The molecule has 0 radical (unpaired) electrons. The van der Waals surface area contributed by atoms with Crippen molar-refractivity contribution < 1.29 is 9.18 Å². The van der Waals surface area contributed by atoms with Gasteiger partial charge in [0.1, 0.15) is 12.1 Å². The van der Waals surface area contributed by atoms with Gasteiger partial charge in [-0.3, -0.25) is 4.79 Å². The predicted molar refractivity (Wildman–Crippen MR) is 96.1 cm³/mol. The number of pyridine rings is 1. The van der Waals surface area contributed by atoms with Gasteiger partial charge < -0.3 is 5.32 Å². The fourth-order valence-corrected chi connectivity index (χ4v) is 2.66. The number of hydrogen-bond acceptors (Lipinski definition) is 6. The summed E-state index contributed by atoms with van der Waals surface area (Å²) in [6.45, 7) is 0. The molecule has 4 aromatic rings. The number of carbonyl (C=O) groups excluding carboxylic acids is 1. The lowest BCUT2D eigenvalue weighted by molar-refractivity contribution is 0.102. The van der Waals surface area contributed by atoms with Crippen molar-refractivity contribution in [3.63, 3.8) is 0 Å². The van der Waals surface area contributed by atoms with Gasteiger partial charge >= 0.3 is 0 Å². The fraction of sp³-hybridized carbons (Fsp3) is 0. The molecule has 27 heavy (non-hydrogen) atoms. The highest BCUT2D eigenvalue weighted by atomic mass is 79.9. The van der Waals surface area contributed by atoms with Gasteiger partial charge in [-0.05, 0) is 50.6 Å². The zero-order valence-corrected chi connectivity index (χ0v) is 15.1. The summed E-state index contributed by atoms with van der Waals surface area (Å²) in [5.41, 5.74) is 0.911. The summed E-state index contributed by atoms with van der Waals surface area (Å²) >= 11 is 3.32. The van der Waals surface area contributed by atoms with E-state index in [0.717, 1.165) is 4.47 Å². The second kappa shape index (κ2) is 7.03. The Morgan fingerprint density at radius 3 is 2.70 bits per heavy atom. The number of amides is 1. The van der Waals surface area contributed by atoms with Gasteiger partial charge in [0.2, 0.25) is 0 Å². The first kappa shape index (κ1) is 17.0. The minimum atomic E-state index is -0.506. The number of hydrogen-bond donors (Lipinski definition) is 1. The number of nitrogens with zero attached hydrogens (tertiary/aromatic N) is 7. The molecule has 4 rings (SSSR count). The molecule has 0 aliphatic carbocycles. The zero-order chi connectivity index (χ0) is 18.8. The summed E-state index contributed by atoms with van der Waals surface area (Å²) in [6, 6.07) is 7.14. The van der Waals surface area contributed by atoms with E-state index in [1.165, 1.54) is 35.4 Å². The van der Waals surface area contributed by atoms with E-state index in [2.05, 4.69) is 46.9 Å². The maximum atomic E-state index is 13.6. The largest absolute Gasteiger partial charge is 0.321 e. The van der Waals surface area contributed by atoms with E-state index in [-0.39, 0.29) is 11.3 Å². The molecule has 0 atom stereocenters. The molecule has 0 aliphatic heterocycles. The summed E-state index contributed by atoms with van der Waals surface area (Å²) in [7, 11) is 0. The van der Waals surface area contributed by atoms with E-state index >= 15 is 0 Å². The highest BCUT2D eigenvalue weighted by Gasteiger charge is 2.15. The first-order valence-corrected chi connectivity index (χ1v) is 8.40. The van der Waals surface area contributed by atoms with Crippen LogP contribution in [0.15, 0.2) is 59.7 Å². The summed E-state index contributed by atoms with van der Waals surface area (Å²) in [6.07, 6.45) is 6.19. The SMILES string of the molecule is O=C(Nc1ccc(-n2cc(Br)cn2)nc1)c1ccc(F)cc1-n1cnnn1. The Kier molecular flexibility index (Phi) is 4.42. The van der Waals surface area contributed by atoms with Gasteiger partial charge in [0.25, 0.3) is 5.91 Å². The Morgan fingerprint density at radius 2 is 2.04 bits per heavy atom. The second-order valence-corrected chi connectivity index (χ2v) is 6.29. The molecule has 0 aliphatic rings. The van der Waals surface area contributed by atoms with Crippen molar-refractivity contribution in [3.8, 4) is 11.5 Å². The van der Waals surface area contributed by atoms with Crippen LogP contribution in [0.4, 0.5) is 10.1 Å². The minimum Gasteiger partial charge on any atom is -0.321 e. The van der Waals surface area contributed by atoms with E-state index in [1.54, 1.807) is 29.2 Å². The molecule has 1 aromatic carbocycles. The van der Waals surface area contributed by atoms with E-state index in [0.29, 0.717) is 11.5 Å². The smallest absolute Gasteiger partial charge is 0.257 e. The van der Waals surface area contributed by atoms with Crippen molar-refractivity contribution in [1.82, 2.24) is 35.0 Å². The molecule has 9 nitrogen and oxygen atoms in total. The molecule has 1 N–H and O–H groups in total. The Hall–Kier alpha value is -3.47. The third kappa shape index (κ3) is 3.58. The number of rotatable bonds is 4. The average Bonchev–Trinajstić information content (AvgIpc) is 3.34. The Morgan fingerprint density at radius 1 is 1.15 bits per heavy atom. The van der Waals surface area contributed by atoms with Crippen LogP contribution in [0.3, 0.4) is 0 Å². The number of tetrazole rings is 1. The first-order chi connectivity index (χ1) is 13.1. The van der Waals surface area contributed by atoms with Crippen molar-refractivity contribution in [2.75, 3.05) is 5.32 Å². The molecule has 0 spiro atoms. The van der Waals surface area contributed by atoms with Crippen LogP contribution in [0.25, 0.3) is 11.5 Å². The number of anilines is 1. The van der Waals surface area contributed by atoms with Crippen LogP contribution in [-0.4, -0.2) is 40.9 Å². The third-order valence-corrected chi connectivity index (χ3v) is 4.00. The molecule has 0 unspecified atom stereocenters. The maximum absolute atomic E-state index is 13.6. The molecule has 0 fully saturated rings. The molecule has 134 valence electrons. The Balaban J connectivity index is 1.58. The van der Waals surface area contributed by atoms with E-state index < -0.39 is 11.7 Å². The number of nitrogens with one attached hydrogen (secondary N) is 1. The van der Waals surface area contributed by atoms with Crippen molar-refractivity contribution >= 4 is 27.5 Å². The summed E-state index contributed by atoms with van der Waals surface area (Å²) in [4.78, 5) is 16.9. The van der Waals surface area contributed by atoms with Crippen LogP contribution in [0, 0.1) is 5.82 Å². The summed E-state index contributed by atoms with van der Waals surface area (Å²) < 4.78 is 17.2. The van der Waals surface area contributed by atoms with Crippen LogP contribution >= 0.6 is 15.9 Å². The van der Waals surface area contributed by atoms with Crippen molar-refractivity contribution in [1.29, 1.82) is 0 Å². The standard InChI is InChI=1S/C16H10BrFN8O/c17-10-6-21-25(8-10)15-4-2-12(7-19-15)22-16(27)13-3-1-11(18)5-14(13)26-9-20-23-24-26/h1-9H,(H,22,27). The van der Waals surface area contributed by atoms with Crippen molar-refractivity contribution in [2.45, 2.75) is 0 Å². The lowest BCUT2D eigenvalue weighted by Gasteiger charge is -2.10. The van der Waals surface area contributed by atoms with Crippen molar-refractivity contribution in [2.24, 2.45) is 0 Å². The molecule has 0 bridgehead atoms. The van der Waals surface area contributed by atoms with Crippen LogP contribution in [0.1, 0.15) is 10.4 Å². The number of halogens is 2. The zero-order valence-electron chi connectivity index (χ0n) is 13.5. The highest BCUT2D eigenvalue weighted by molar-refractivity contribution is 9.10. The predicted octanol–water partition coefficient (Wildman–Crippen LogP) is 2.40. The average molecular weight is 429 g/mol. The van der Waals surface area contributed by atoms with Crippen LogP contribution < -0.4 is 5.32 Å². The van der Waals surface area contributed by atoms with Crippen LogP contribution in [0.5, 0.6) is 0 Å². The first-order valence-electron chi connectivity index (χ1n) is 7.61.